The molecule has 262 valence electrons. The highest BCUT2D eigenvalue weighted by Crippen LogP contribution is 2.39. The molecule has 0 bridgehead atoms. The normalized spacial score (nSPS) is 20.2. The highest BCUT2D eigenvalue weighted by atomic mass is 35.5. The van der Waals surface area contributed by atoms with Crippen LogP contribution in [0.1, 0.15) is 77.0 Å². The van der Waals surface area contributed by atoms with E-state index in [0.29, 0.717) is 41.0 Å². The lowest BCUT2D eigenvalue weighted by Gasteiger charge is -2.35. The third kappa shape index (κ3) is 6.95. The summed E-state index contributed by atoms with van der Waals surface area (Å²) >= 11 is 6.57. The first-order valence-electron chi connectivity index (χ1n) is 17.6. The Morgan fingerprint density at radius 3 is 2.49 bits per heavy atom. The third-order valence-corrected chi connectivity index (χ3v) is 11.0. The number of anilines is 3. The second kappa shape index (κ2) is 14.2. The highest BCUT2D eigenvalue weighted by molar-refractivity contribution is 6.32. The summed E-state index contributed by atoms with van der Waals surface area (Å²) in [5.41, 5.74) is 8.93. The Bertz CT molecular complexity index is 2040. The molecule has 3 aliphatic rings. The fourth-order valence-corrected chi connectivity index (χ4v) is 8.08. The van der Waals surface area contributed by atoms with Gasteiger partial charge in [0.1, 0.15) is 17.9 Å². The topological polar surface area (TPSA) is 132 Å². The predicted octanol–water partition coefficient (Wildman–Crippen LogP) is 7.61. The van der Waals surface area contributed by atoms with Crippen molar-refractivity contribution in [2.45, 2.75) is 71.9 Å². The molecule has 1 aliphatic carbocycles. The van der Waals surface area contributed by atoms with E-state index in [-0.39, 0.29) is 18.2 Å². The fraction of sp³-hybridized carbons (Fsp3) is 0.375. The van der Waals surface area contributed by atoms with Gasteiger partial charge in [-0.25, -0.2) is 0 Å². The van der Waals surface area contributed by atoms with Crippen molar-refractivity contribution >= 4 is 46.4 Å². The van der Waals surface area contributed by atoms with Crippen molar-refractivity contribution in [3.63, 3.8) is 0 Å². The number of amides is 3. The molecule has 3 amide bonds. The Labute approximate surface area is 302 Å². The molecule has 1 aromatic heterocycles. The molecule has 7 rings (SSSR count). The van der Waals surface area contributed by atoms with Gasteiger partial charge < -0.3 is 19.6 Å². The summed E-state index contributed by atoms with van der Waals surface area (Å²) in [6, 6.07) is 19.5. The number of imide groups is 1. The van der Waals surface area contributed by atoms with Crippen LogP contribution < -0.4 is 15.5 Å². The minimum atomic E-state index is -0.617. The van der Waals surface area contributed by atoms with Gasteiger partial charge in [0, 0.05) is 54.2 Å². The average Bonchev–Trinajstić information content (AvgIpc) is 3.63. The predicted molar refractivity (Wildman–Crippen MR) is 196 cm³/mol. The fourth-order valence-electron chi connectivity index (χ4n) is 7.86. The van der Waals surface area contributed by atoms with Gasteiger partial charge in [0.15, 0.2) is 0 Å². The minimum Gasteiger partial charge on any atom is -0.385 e. The van der Waals surface area contributed by atoms with Crippen molar-refractivity contribution in [2.75, 3.05) is 23.3 Å². The third-order valence-electron chi connectivity index (χ3n) is 10.7. The molecular weight excluding hydrogens is 664 g/mol. The molecule has 0 radical (unpaired) electrons. The maximum absolute atomic E-state index is 13.3. The van der Waals surface area contributed by atoms with Crippen LogP contribution in [-0.2, 0) is 16.1 Å². The van der Waals surface area contributed by atoms with Crippen LogP contribution >= 0.6 is 11.6 Å². The molecule has 1 unspecified atom stereocenters. The van der Waals surface area contributed by atoms with E-state index in [4.69, 9.17) is 16.1 Å². The molecule has 0 spiro atoms. The van der Waals surface area contributed by atoms with Crippen molar-refractivity contribution in [3.05, 3.63) is 93.3 Å². The van der Waals surface area contributed by atoms with Crippen LogP contribution in [0.25, 0.3) is 11.1 Å². The lowest BCUT2D eigenvalue weighted by atomic mass is 9.81. The van der Waals surface area contributed by atoms with E-state index in [1.807, 2.05) is 44.2 Å². The minimum absolute atomic E-state index is 0.163. The SMILES string of the molecule is Cc1ccc(-c2c(C)noc2C)cc1N(CC1CCC(CNc2ccc3c(c2)C(=O)N(C2CCC(=O)NC2=O)C3)CC1)c1ccc(C#N)c(Cl)c1. The van der Waals surface area contributed by atoms with Crippen molar-refractivity contribution < 1.29 is 18.9 Å². The maximum Gasteiger partial charge on any atom is 0.255 e. The van der Waals surface area contributed by atoms with Gasteiger partial charge >= 0.3 is 0 Å². The van der Waals surface area contributed by atoms with Gasteiger partial charge in [0.25, 0.3) is 5.91 Å². The number of carbonyl (C=O) groups excluding carboxylic acids is 3. The summed E-state index contributed by atoms with van der Waals surface area (Å²) in [5, 5.41) is 20.1. The number of nitrogens with one attached hydrogen (secondary N) is 2. The quantitative estimate of drug-likeness (QED) is 0.170. The molecule has 3 heterocycles. The number of aromatic nitrogens is 1. The lowest BCUT2D eigenvalue weighted by Crippen LogP contribution is -2.52. The first-order valence-corrected chi connectivity index (χ1v) is 18.0. The Hall–Kier alpha value is -5.14. The molecule has 51 heavy (non-hydrogen) atoms. The Kier molecular flexibility index (Phi) is 9.58. The summed E-state index contributed by atoms with van der Waals surface area (Å²) in [6.45, 7) is 8.00. The summed E-state index contributed by atoms with van der Waals surface area (Å²) in [4.78, 5) is 41.3. The zero-order valence-corrected chi connectivity index (χ0v) is 29.8. The number of halogens is 1. The molecule has 10 nitrogen and oxygen atoms in total. The van der Waals surface area contributed by atoms with Crippen molar-refractivity contribution in [3.8, 4) is 17.2 Å². The molecular formula is C40H41ClN6O4. The van der Waals surface area contributed by atoms with E-state index in [1.54, 1.807) is 11.0 Å². The van der Waals surface area contributed by atoms with Crippen LogP contribution in [0.4, 0.5) is 17.1 Å². The number of nitriles is 1. The highest BCUT2D eigenvalue weighted by Gasteiger charge is 2.39. The molecule has 2 N–H and O–H groups in total. The number of rotatable bonds is 9. The van der Waals surface area contributed by atoms with Crippen LogP contribution in [0.15, 0.2) is 59.1 Å². The molecule has 1 atom stereocenters. The van der Waals surface area contributed by atoms with E-state index in [1.165, 1.54) is 0 Å². The Balaban J connectivity index is 1.02. The van der Waals surface area contributed by atoms with Crippen LogP contribution in [-0.4, -0.2) is 46.9 Å². The number of fused-ring (bicyclic) bond motifs is 1. The van der Waals surface area contributed by atoms with Gasteiger partial charge in [-0.1, -0.05) is 35.0 Å². The van der Waals surface area contributed by atoms with Crippen molar-refractivity contribution in [1.29, 1.82) is 5.26 Å². The number of carbonyl (C=O) groups is 3. The summed E-state index contributed by atoms with van der Waals surface area (Å²) in [7, 11) is 0. The number of piperidine rings is 1. The second-order valence-electron chi connectivity index (χ2n) is 14.1. The van der Waals surface area contributed by atoms with Crippen LogP contribution in [0.5, 0.6) is 0 Å². The average molecular weight is 705 g/mol. The van der Waals surface area contributed by atoms with Crippen molar-refractivity contribution in [2.24, 2.45) is 11.8 Å². The first kappa shape index (κ1) is 34.3. The summed E-state index contributed by atoms with van der Waals surface area (Å²) in [6.07, 6.45) is 4.88. The van der Waals surface area contributed by atoms with E-state index < -0.39 is 11.9 Å². The second-order valence-corrected chi connectivity index (χ2v) is 14.5. The van der Waals surface area contributed by atoms with E-state index >= 15 is 0 Å². The van der Waals surface area contributed by atoms with Gasteiger partial charge in [0.05, 0.1) is 16.3 Å². The van der Waals surface area contributed by atoms with Crippen LogP contribution in [0, 0.1) is 43.9 Å². The molecule has 2 fully saturated rings. The Morgan fingerprint density at radius 1 is 1.00 bits per heavy atom. The molecule has 11 heteroatoms. The van der Waals surface area contributed by atoms with E-state index in [0.717, 1.165) is 89.5 Å². The standard InChI is InChI=1S/C40H41ClN6O4/c1-23-4-9-28(38-24(2)45-51-25(38)3)16-36(23)46(32-13-11-29(19-42)34(41)18-32)21-27-7-5-26(6-8-27)20-43-31-12-10-30-22-47(40(50)33(30)17-31)35-14-15-37(48)44-39(35)49/h4,9-13,16-18,26-27,35,43H,5-8,14-15,20-22H2,1-3H3,(H,44,48,49). The van der Waals surface area contributed by atoms with Gasteiger partial charge in [-0.2, -0.15) is 5.26 Å². The maximum atomic E-state index is 13.3. The molecule has 3 aromatic carbocycles. The summed E-state index contributed by atoms with van der Waals surface area (Å²) < 4.78 is 5.49. The van der Waals surface area contributed by atoms with Crippen LogP contribution in [0.2, 0.25) is 5.02 Å². The molecule has 1 saturated heterocycles. The van der Waals surface area contributed by atoms with Gasteiger partial charge in [0.2, 0.25) is 11.8 Å². The number of benzene rings is 3. The largest absolute Gasteiger partial charge is 0.385 e. The summed E-state index contributed by atoms with van der Waals surface area (Å²) in [5.74, 6) is 0.878. The molecule has 2 aliphatic heterocycles. The first-order chi connectivity index (χ1) is 24.6. The lowest BCUT2D eigenvalue weighted by molar-refractivity contribution is -0.136. The number of hydrogen-bond donors (Lipinski definition) is 2. The Morgan fingerprint density at radius 2 is 1.78 bits per heavy atom. The van der Waals surface area contributed by atoms with Gasteiger partial charge in [-0.05, 0) is 118 Å². The monoisotopic (exact) mass is 704 g/mol. The smallest absolute Gasteiger partial charge is 0.255 e. The van der Waals surface area contributed by atoms with Gasteiger partial charge in [-0.3, -0.25) is 19.7 Å². The van der Waals surface area contributed by atoms with Gasteiger partial charge in [-0.15, -0.1) is 0 Å². The van der Waals surface area contributed by atoms with E-state index in [9.17, 15) is 19.6 Å². The van der Waals surface area contributed by atoms with Crippen LogP contribution in [0.3, 0.4) is 0 Å². The van der Waals surface area contributed by atoms with Crippen molar-refractivity contribution in [1.82, 2.24) is 15.4 Å². The number of hydrogen-bond acceptors (Lipinski definition) is 8. The number of nitrogens with zero attached hydrogens (tertiary/aromatic N) is 4. The molecule has 1 saturated carbocycles. The zero-order chi connectivity index (χ0) is 35.8. The zero-order valence-electron chi connectivity index (χ0n) is 29.1. The molecule has 4 aromatic rings. The number of aryl methyl sites for hydroxylation is 3. The van der Waals surface area contributed by atoms with E-state index in [2.05, 4.69) is 51.9 Å².